The smallest absolute Gasteiger partial charge is 0.320 e. The van der Waals surface area contributed by atoms with E-state index in [9.17, 15) is 19.1 Å². The van der Waals surface area contributed by atoms with Crippen LogP contribution in [0.5, 0.6) is 0 Å². The highest BCUT2D eigenvalue weighted by Gasteiger charge is 2.45. The Labute approximate surface area is 194 Å². The van der Waals surface area contributed by atoms with Gasteiger partial charge in [-0.1, -0.05) is 37.8 Å². The number of nitrogens with zero attached hydrogens (tertiary/aromatic N) is 3. The van der Waals surface area contributed by atoms with Gasteiger partial charge < -0.3 is 14.4 Å². The lowest BCUT2D eigenvalue weighted by Crippen LogP contribution is -2.59. The van der Waals surface area contributed by atoms with Crippen LogP contribution in [0.25, 0.3) is 11.0 Å². The van der Waals surface area contributed by atoms with Crippen molar-refractivity contribution in [3.8, 4) is 0 Å². The second-order valence-corrected chi connectivity index (χ2v) is 12.5. The van der Waals surface area contributed by atoms with Crippen molar-refractivity contribution in [2.24, 2.45) is 11.8 Å². The topological polar surface area (TPSA) is 95.7 Å². The number of para-hydroxylation sites is 2. The van der Waals surface area contributed by atoms with Gasteiger partial charge in [0.25, 0.3) is 5.56 Å². The van der Waals surface area contributed by atoms with Gasteiger partial charge in [0, 0.05) is 24.2 Å². The molecule has 1 aromatic heterocycles. The molecule has 1 aromatic carbocycles. The van der Waals surface area contributed by atoms with Crippen molar-refractivity contribution in [1.82, 2.24) is 14.5 Å². The molecule has 33 heavy (non-hydrogen) atoms. The fourth-order valence-corrected chi connectivity index (χ4v) is 8.42. The molecule has 178 valence electrons. The number of rotatable bonds is 3. The normalized spacial score (nSPS) is 35.0. The first-order chi connectivity index (χ1) is 15.9. The summed E-state index contributed by atoms with van der Waals surface area (Å²) in [5.41, 5.74) is -0.0776. The molecule has 2 aromatic rings. The second-order valence-electron chi connectivity index (χ2n) is 11.0. The number of piperidine rings is 2. The Morgan fingerprint density at radius 1 is 0.818 bits per heavy atom. The molecule has 6 rings (SSSR count). The number of hydrogen-bond donors (Lipinski definition) is 2. The van der Waals surface area contributed by atoms with Crippen molar-refractivity contribution in [2.75, 3.05) is 0 Å². The van der Waals surface area contributed by atoms with Crippen LogP contribution in [-0.4, -0.2) is 42.4 Å². The highest BCUT2D eigenvalue weighted by molar-refractivity contribution is 7.59. The zero-order chi connectivity index (χ0) is 22.7. The minimum absolute atomic E-state index is 0.0506. The largest absolute Gasteiger partial charge is 0.380 e. The molecule has 4 bridgehead atoms. The molecular weight excluding hydrogens is 437 g/mol. The maximum absolute atomic E-state index is 13.4. The summed E-state index contributed by atoms with van der Waals surface area (Å²) < 4.78 is 13.8. The Hall–Kier alpha value is -1.53. The summed E-state index contributed by atoms with van der Waals surface area (Å²) >= 11 is 0. The van der Waals surface area contributed by atoms with Gasteiger partial charge in [0.1, 0.15) is 0 Å². The van der Waals surface area contributed by atoms with Crippen LogP contribution in [0, 0.1) is 11.8 Å². The molecule has 7 nitrogen and oxygen atoms in total. The van der Waals surface area contributed by atoms with Crippen LogP contribution in [0.3, 0.4) is 0 Å². The number of fused-ring (bicyclic) bond motifs is 5. The third kappa shape index (κ3) is 3.91. The predicted molar refractivity (Wildman–Crippen MR) is 128 cm³/mol. The summed E-state index contributed by atoms with van der Waals surface area (Å²) in [6.07, 6.45) is 13.5. The maximum Gasteiger partial charge on any atom is 0.380 e. The maximum atomic E-state index is 13.4. The van der Waals surface area contributed by atoms with Gasteiger partial charge in [-0.05, 0) is 68.9 Å². The van der Waals surface area contributed by atoms with Crippen molar-refractivity contribution in [3.05, 3.63) is 34.6 Å². The summed E-state index contributed by atoms with van der Waals surface area (Å²) in [6.45, 7) is 0. The lowest BCUT2D eigenvalue weighted by molar-refractivity contribution is -0.0485. The molecule has 0 radical (unpaired) electrons. The van der Waals surface area contributed by atoms with Crippen LogP contribution in [0.4, 0.5) is 0 Å². The first kappa shape index (κ1) is 22.0. The lowest BCUT2D eigenvalue weighted by atomic mass is 9.68. The van der Waals surface area contributed by atoms with E-state index in [1.54, 1.807) is 16.7 Å². The molecule has 6 atom stereocenters. The monoisotopic (exact) mass is 471 g/mol. The van der Waals surface area contributed by atoms with Gasteiger partial charge in [-0.3, -0.25) is 14.3 Å². The molecule has 2 aliphatic heterocycles. The molecular formula is C25H34N3O4P. The van der Waals surface area contributed by atoms with Crippen LogP contribution in [0.1, 0.15) is 76.7 Å². The van der Waals surface area contributed by atoms with E-state index in [0.717, 1.165) is 37.5 Å². The second kappa shape index (κ2) is 8.30. The van der Waals surface area contributed by atoms with E-state index < -0.39 is 18.6 Å². The Kier molecular flexibility index (Phi) is 5.52. The van der Waals surface area contributed by atoms with Gasteiger partial charge in [0.05, 0.1) is 11.0 Å². The molecule has 0 spiro atoms. The van der Waals surface area contributed by atoms with Gasteiger partial charge >= 0.3 is 7.60 Å². The first-order valence-electron chi connectivity index (χ1n) is 12.7. The Bertz CT molecular complexity index is 1130. The Morgan fingerprint density at radius 3 is 2.12 bits per heavy atom. The molecule has 0 unspecified atom stereocenters. The van der Waals surface area contributed by atoms with E-state index in [1.165, 1.54) is 44.9 Å². The van der Waals surface area contributed by atoms with Crippen molar-refractivity contribution >= 4 is 24.1 Å². The highest BCUT2D eigenvalue weighted by atomic mass is 31.2. The minimum atomic E-state index is -4.76. The van der Waals surface area contributed by atoms with Gasteiger partial charge in [-0.15, -0.1) is 0 Å². The Balaban J connectivity index is 1.36. The molecule has 3 heterocycles. The van der Waals surface area contributed by atoms with Crippen molar-refractivity contribution in [2.45, 2.75) is 94.8 Å². The van der Waals surface area contributed by atoms with Crippen LogP contribution >= 0.6 is 7.60 Å². The fraction of sp³-hybridized carbons (Fsp3) is 0.680. The van der Waals surface area contributed by atoms with Gasteiger partial charge in [-0.2, -0.15) is 0 Å². The minimum Gasteiger partial charge on any atom is -0.320 e. The first-order valence-corrected chi connectivity index (χ1v) is 14.3. The fourth-order valence-electron chi connectivity index (χ4n) is 7.83. The molecule has 2 saturated heterocycles. The third-order valence-electron chi connectivity index (χ3n) is 8.95. The molecule has 2 N–H and O–H groups in total. The van der Waals surface area contributed by atoms with E-state index in [-0.39, 0.29) is 6.04 Å². The molecule has 4 fully saturated rings. The number of hydrogen-bond acceptors (Lipinski definition) is 4. The molecule has 0 amide bonds. The molecule has 8 heteroatoms. The third-order valence-corrected chi connectivity index (χ3v) is 9.79. The van der Waals surface area contributed by atoms with E-state index in [1.807, 2.05) is 12.1 Å². The zero-order valence-electron chi connectivity index (χ0n) is 19.1. The quantitative estimate of drug-likeness (QED) is 0.663. The lowest BCUT2D eigenvalue weighted by Gasteiger charge is -2.55. The molecule has 4 aliphatic rings. The zero-order valence-corrected chi connectivity index (χ0v) is 19.9. The van der Waals surface area contributed by atoms with Crippen LogP contribution in [0.15, 0.2) is 29.1 Å². The van der Waals surface area contributed by atoms with Crippen molar-refractivity contribution in [3.63, 3.8) is 0 Å². The van der Waals surface area contributed by atoms with E-state index in [2.05, 4.69) is 9.88 Å². The highest BCUT2D eigenvalue weighted by Crippen LogP contribution is 2.47. The number of benzene rings is 1. The van der Waals surface area contributed by atoms with Crippen LogP contribution in [-0.2, 0) is 4.57 Å². The number of aromatic nitrogens is 2. The molecule has 2 aliphatic carbocycles. The summed E-state index contributed by atoms with van der Waals surface area (Å²) in [6, 6.07) is 8.77. The summed E-state index contributed by atoms with van der Waals surface area (Å²) in [4.78, 5) is 39.9. The van der Waals surface area contributed by atoms with E-state index in [4.69, 9.17) is 0 Å². The molecule has 2 saturated carbocycles. The SMILES string of the molecule is O=c1c(P(=O)(O)O)nc2ccccc2n1[C@H]1C[C@H]2CCC[C@@H](C1)N2[C@H]1C[C@@H]2CCC[C@@H](C2)C1. The van der Waals surface area contributed by atoms with Crippen molar-refractivity contribution < 1.29 is 14.4 Å². The summed E-state index contributed by atoms with van der Waals surface area (Å²) in [7, 11) is -4.76. The average molecular weight is 472 g/mol. The van der Waals surface area contributed by atoms with Gasteiger partial charge in [0.15, 0.2) is 0 Å². The van der Waals surface area contributed by atoms with Crippen LogP contribution < -0.4 is 11.0 Å². The standard InChI is InChI=1S/C25H34N3O4P/c29-25-24(33(30,31)32)26-22-9-1-2-10-23(22)28(25)21-14-18-7-4-8-19(15-21)27(18)20-12-16-5-3-6-17(11-16)13-20/h1-2,9-10,16-21H,3-8,11-15H2,(H2,30,31,32)/t16-,17+,18-,19+,20+,21+. The summed E-state index contributed by atoms with van der Waals surface area (Å²) in [5.74, 6) is 1.78. The average Bonchev–Trinajstić information content (AvgIpc) is 2.77. The Morgan fingerprint density at radius 2 is 1.45 bits per heavy atom. The van der Waals surface area contributed by atoms with Crippen LogP contribution in [0.2, 0.25) is 0 Å². The van der Waals surface area contributed by atoms with Crippen molar-refractivity contribution in [1.29, 1.82) is 0 Å². The summed E-state index contributed by atoms with van der Waals surface area (Å²) in [5, 5.41) is 0. The van der Waals surface area contributed by atoms with E-state index >= 15 is 0 Å². The van der Waals surface area contributed by atoms with E-state index in [0.29, 0.717) is 29.2 Å². The van der Waals surface area contributed by atoms with Gasteiger partial charge in [-0.25, -0.2) is 4.98 Å². The van der Waals surface area contributed by atoms with Gasteiger partial charge in [0.2, 0.25) is 5.44 Å². The predicted octanol–water partition coefficient (Wildman–Crippen LogP) is 3.73.